The number of benzene rings is 2. The summed E-state index contributed by atoms with van der Waals surface area (Å²) >= 11 is 0. The van der Waals surface area contributed by atoms with Gasteiger partial charge in [0.05, 0.1) is 24.8 Å². The van der Waals surface area contributed by atoms with Crippen LogP contribution in [0.1, 0.15) is 49.9 Å². The molecule has 2 aromatic heterocycles. The molecular formula is C29H31F2N5O2. The van der Waals surface area contributed by atoms with E-state index in [4.69, 9.17) is 9.15 Å². The van der Waals surface area contributed by atoms with Crippen LogP contribution in [0.4, 0.5) is 14.5 Å². The maximum Gasteiger partial charge on any atom is 0.203 e. The topological polar surface area (TPSA) is 67.5 Å². The van der Waals surface area contributed by atoms with Gasteiger partial charge in [-0.2, -0.15) is 0 Å². The number of ether oxygens (including phenoxy) is 1. The molecule has 2 aliphatic heterocycles. The molecule has 38 heavy (non-hydrogen) atoms. The van der Waals surface area contributed by atoms with Crippen molar-refractivity contribution in [1.82, 2.24) is 19.9 Å². The number of nitrogens with zero attached hydrogens (tertiary/aromatic N) is 5. The fourth-order valence-electron chi connectivity index (χ4n) is 5.46. The Balaban J connectivity index is 1.28. The number of piperidine rings is 1. The molecule has 1 fully saturated rings. The van der Waals surface area contributed by atoms with Crippen LogP contribution >= 0.6 is 0 Å². The van der Waals surface area contributed by atoms with E-state index in [1.54, 1.807) is 6.07 Å². The zero-order valence-electron chi connectivity index (χ0n) is 21.9. The van der Waals surface area contributed by atoms with Crippen molar-refractivity contribution in [2.24, 2.45) is 0 Å². The highest BCUT2D eigenvalue weighted by Crippen LogP contribution is 2.39. The molecule has 1 saturated heterocycles. The molecule has 0 radical (unpaired) electrons. The van der Waals surface area contributed by atoms with E-state index < -0.39 is 11.6 Å². The minimum absolute atomic E-state index is 0.0339. The van der Waals surface area contributed by atoms with Crippen LogP contribution in [0.3, 0.4) is 0 Å². The number of aromatic nitrogens is 3. The second-order valence-electron chi connectivity index (χ2n) is 10.5. The summed E-state index contributed by atoms with van der Waals surface area (Å²) in [5.74, 6) is 0.339. The van der Waals surface area contributed by atoms with Crippen molar-refractivity contribution < 1.29 is 17.9 Å². The molecule has 0 amide bonds. The molecule has 9 heteroatoms. The summed E-state index contributed by atoms with van der Waals surface area (Å²) in [4.78, 5) is 17.6. The minimum Gasteiger partial charge on any atom is -0.486 e. The van der Waals surface area contributed by atoms with Gasteiger partial charge < -0.3 is 19.0 Å². The van der Waals surface area contributed by atoms with E-state index in [0.717, 1.165) is 43.2 Å². The van der Waals surface area contributed by atoms with Gasteiger partial charge in [0.1, 0.15) is 23.6 Å². The highest BCUT2D eigenvalue weighted by Gasteiger charge is 2.26. The van der Waals surface area contributed by atoms with Crippen LogP contribution in [0.25, 0.3) is 22.4 Å². The normalized spacial score (nSPS) is 16.7. The van der Waals surface area contributed by atoms with Crippen molar-refractivity contribution in [3.63, 3.8) is 0 Å². The van der Waals surface area contributed by atoms with E-state index >= 15 is 0 Å². The second kappa shape index (κ2) is 9.94. The number of hydrogen-bond acceptors (Lipinski definition) is 7. The summed E-state index contributed by atoms with van der Waals surface area (Å²) < 4.78 is 41.5. The standard InChI is InChI=1S/C29H31F2N5O2/c1-17(2)36-10-11-37-29-21(30)12-20(13-24(29)36)28-22(31)16-32-26(34-28)15-27-33-23-5-4-19(14-25(23)38-27)18-6-8-35(3)9-7-18/h4-5,12-14,16-18H,6-11,15H2,1-3H3. The molecule has 2 aliphatic rings. The highest BCUT2D eigenvalue weighted by atomic mass is 19.1. The predicted molar refractivity (Wildman–Crippen MR) is 142 cm³/mol. The first-order valence-electron chi connectivity index (χ1n) is 13.2. The lowest BCUT2D eigenvalue weighted by molar-refractivity contribution is 0.255. The van der Waals surface area contributed by atoms with Crippen molar-refractivity contribution in [1.29, 1.82) is 0 Å². The number of oxazole rings is 1. The van der Waals surface area contributed by atoms with Gasteiger partial charge in [-0.3, -0.25) is 0 Å². The van der Waals surface area contributed by atoms with Crippen LogP contribution in [0.15, 0.2) is 40.9 Å². The Morgan fingerprint density at radius 2 is 1.84 bits per heavy atom. The molecule has 4 aromatic rings. The molecule has 4 heterocycles. The summed E-state index contributed by atoms with van der Waals surface area (Å²) in [6.45, 7) is 7.26. The Labute approximate surface area is 220 Å². The molecule has 0 atom stereocenters. The van der Waals surface area contributed by atoms with E-state index in [2.05, 4.69) is 39.0 Å². The van der Waals surface area contributed by atoms with Crippen LogP contribution in [0, 0.1) is 11.6 Å². The minimum atomic E-state index is -0.624. The summed E-state index contributed by atoms with van der Waals surface area (Å²) in [7, 11) is 2.15. The Bertz CT molecular complexity index is 1480. The molecule has 198 valence electrons. The van der Waals surface area contributed by atoms with E-state index in [1.165, 1.54) is 11.6 Å². The van der Waals surface area contributed by atoms with Gasteiger partial charge in [0.25, 0.3) is 0 Å². The third-order valence-corrected chi connectivity index (χ3v) is 7.56. The summed E-state index contributed by atoms with van der Waals surface area (Å²) in [6, 6.07) is 9.34. The van der Waals surface area contributed by atoms with Gasteiger partial charge in [0, 0.05) is 11.6 Å². The highest BCUT2D eigenvalue weighted by molar-refractivity contribution is 5.74. The number of fused-ring (bicyclic) bond motifs is 2. The predicted octanol–water partition coefficient (Wildman–Crippen LogP) is 5.57. The fraction of sp³-hybridized carbons (Fsp3) is 0.414. The average molecular weight is 520 g/mol. The first-order chi connectivity index (χ1) is 18.4. The van der Waals surface area contributed by atoms with Crippen LogP contribution in [0.5, 0.6) is 5.75 Å². The zero-order chi connectivity index (χ0) is 26.4. The lowest BCUT2D eigenvalue weighted by Crippen LogP contribution is -2.38. The zero-order valence-corrected chi connectivity index (χ0v) is 21.9. The molecular weight excluding hydrogens is 488 g/mol. The smallest absolute Gasteiger partial charge is 0.203 e. The van der Waals surface area contributed by atoms with Gasteiger partial charge in [-0.25, -0.2) is 23.7 Å². The Hall–Kier alpha value is -3.59. The summed E-state index contributed by atoms with van der Waals surface area (Å²) in [5.41, 5.74) is 3.72. The molecule has 0 N–H and O–H groups in total. The van der Waals surface area contributed by atoms with Crippen molar-refractivity contribution >= 4 is 16.8 Å². The van der Waals surface area contributed by atoms with E-state index in [0.29, 0.717) is 42.0 Å². The third-order valence-electron chi connectivity index (χ3n) is 7.56. The third kappa shape index (κ3) is 4.71. The molecule has 0 aliphatic carbocycles. The van der Waals surface area contributed by atoms with Gasteiger partial charge in [0.2, 0.25) is 5.89 Å². The molecule has 7 nitrogen and oxygen atoms in total. The van der Waals surface area contributed by atoms with Gasteiger partial charge in [-0.15, -0.1) is 0 Å². The maximum atomic E-state index is 15.0. The Morgan fingerprint density at radius 3 is 2.63 bits per heavy atom. The molecule has 6 rings (SSSR count). The quantitative estimate of drug-likeness (QED) is 0.342. The molecule has 0 saturated carbocycles. The number of hydrogen-bond donors (Lipinski definition) is 0. The van der Waals surface area contributed by atoms with Crippen LogP contribution in [0.2, 0.25) is 0 Å². The molecule has 2 aromatic carbocycles. The number of rotatable bonds is 5. The lowest BCUT2D eigenvalue weighted by atomic mass is 9.89. The SMILES string of the molecule is CC(C)N1CCOc2c(F)cc(-c3nc(Cc4nc5ccc(C6CCN(C)CC6)cc5o4)ncc3F)cc21. The van der Waals surface area contributed by atoms with Crippen molar-refractivity contribution in [2.45, 2.75) is 45.1 Å². The number of anilines is 1. The van der Waals surface area contributed by atoms with Crippen molar-refractivity contribution in [3.8, 4) is 17.0 Å². The average Bonchev–Trinajstić information content (AvgIpc) is 3.31. The van der Waals surface area contributed by atoms with Gasteiger partial charge in [0.15, 0.2) is 23.0 Å². The van der Waals surface area contributed by atoms with Gasteiger partial charge in [-0.1, -0.05) is 6.07 Å². The van der Waals surface area contributed by atoms with Crippen LogP contribution < -0.4 is 9.64 Å². The monoisotopic (exact) mass is 519 g/mol. The lowest BCUT2D eigenvalue weighted by Gasteiger charge is -2.34. The van der Waals surface area contributed by atoms with Crippen LogP contribution in [-0.4, -0.2) is 59.2 Å². The second-order valence-corrected chi connectivity index (χ2v) is 10.5. The summed E-state index contributed by atoms with van der Waals surface area (Å²) in [5, 5.41) is 0. The van der Waals surface area contributed by atoms with Crippen LogP contribution in [-0.2, 0) is 6.42 Å². The van der Waals surface area contributed by atoms with E-state index in [1.807, 2.05) is 24.8 Å². The largest absolute Gasteiger partial charge is 0.486 e. The molecule has 0 spiro atoms. The fourth-order valence-corrected chi connectivity index (χ4v) is 5.46. The van der Waals surface area contributed by atoms with Crippen molar-refractivity contribution in [2.75, 3.05) is 38.2 Å². The maximum absolute atomic E-state index is 15.0. The molecule has 0 bridgehead atoms. The Morgan fingerprint density at radius 1 is 1.03 bits per heavy atom. The first-order valence-corrected chi connectivity index (χ1v) is 13.2. The number of likely N-dealkylation sites (tertiary alicyclic amines) is 1. The van der Waals surface area contributed by atoms with Gasteiger partial charge >= 0.3 is 0 Å². The van der Waals surface area contributed by atoms with Crippen molar-refractivity contribution in [3.05, 3.63) is 65.4 Å². The van der Waals surface area contributed by atoms with E-state index in [9.17, 15) is 8.78 Å². The van der Waals surface area contributed by atoms with Gasteiger partial charge in [-0.05, 0) is 82.6 Å². The first kappa shape index (κ1) is 24.7. The summed E-state index contributed by atoms with van der Waals surface area (Å²) in [6.07, 6.45) is 3.56. The Kier molecular flexibility index (Phi) is 6.47. The van der Waals surface area contributed by atoms with E-state index in [-0.39, 0.29) is 23.9 Å². The molecule has 0 unspecified atom stereocenters. The number of halogens is 2.